The van der Waals surface area contributed by atoms with Crippen molar-refractivity contribution in [2.75, 3.05) is 0 Å². The van der Waals surface area contributed by atoms with Gasteiger partial charge in [-0.15, -0.1) is 0 Å². The third-order valence-corrected chi connectivity index (χ3v) is 4.94. The van der Waals surface area contributed by atoms with Crippen molar-refractivity contribution in [3.05, 3.63) is 82.3 Å². The Bertz CT molecular complexity index is 1220. The van der Waals surface area contributed by atoms with Gasteiger partial charge in [0.1, 0.15) is 39.9 Å². The summed E-state index contributed by atoms with van der Waals surface area (Å²) in [5.74, 6) is -5.69. The molecule has 0 bridgehead atoms. The highest BCUT2D eigenvalue weighted by Crippen LogP contribution is 2.32. The number of nitrogens with zero attached hydrogens (tertiary/aromatic N) is 2. The molecule has 0 aliphatic carbocycles. The summed E-state index contributed by atoms with van der Waals surface area (Å²) in [6, 6.07) is 10.2. The van der Waals surface area contributed by atoms with Crippen LogP contribution in [-0.4, -0.2) is 16.4 Å². The number of nitriles is 1. The number of halogens is 4. The van der Waals surface area contributed by atoms with Crippen LogP contribution >= 0.6 is 11.6 Å². The molecule has 0 fully saturated rings. The van der Waals surface area contributed by atoms with Gasteiger partial charge in [0.15, 0.2) is 11.4 Å². The lowest BCUT2D eigenvalue weighted by Crippen LogP contribution is -2.41. The number of ketones is 1. The summed E-state index contributed by atoms with van der Waals surface area (Å²) in [4.78, 5) is 17.1. The van der Waals surface area contributed by atoms with Crippen molar-refractivity contribution >= 4 is 17.4 Å². The number of ether oxygens (including phenoxy) is 2. The molecule has 3 rings (SSSR count). The minimum Gasteiger partial charge on any atom is -0.480 e. The van der Waals surface area contributed by atoms with Crippen LogP contribution in [0.3, 0.4) is 0 Å². The molecule has 1 atom stereocenters. The molecule has 1 unspecified atom stereocenters. The quantitative estimate of drug-likeness (QED) is 0.402. The minimum atomic E-state index is -1.84. The molecule has 3 aromatic rings. The van der Waals surface area contributed by atoms with Crippen LogP contribution in [0.4, 0.5) is 13.2 Å². The third-order valence-electron chi connectivity index (χ3n) is 4.67. The van der Waals surface area contributed by atoms with Gasteiger partial charge >= 0.3 is 0 Å². The van der Waals surface area contributed by atoms with Crippen molar-refractivity contribution in [1.82, 2.24) is 4.98 Å². The standard InChI is InChI=1S/C24H18ClF3N2O3/c1-13-8-18(25)23(30-12-13)32-15-4-6-16(7-5-15)33-24(2,3)22(31)17(11-29)21-19(27)9-14(26)10-20(21)28/h4-10,12,17H,1-3H3. The van der Waals surface area contributed by atoms with Gasteiger partial charge in [-0.2, -0.15) is 5.26 Å². The van der Waals surface area contributed by atoms with Crippen molar-refractivity contribution in [3.8, 4) is 23.4 Å². The van der Waals surface area contributed by atoms with E-state index in [2.05, 4.69) is 4.98 Å². The van der Waals surface area contributed by atoms with Crippen LogP contribution < -0.4 is 9.47 Å². The van der Waals surface area contributed by atoms with Crippen molar-refractivity contribution in [2.45, 2.75) is 32.3 Å². The Morgan fingerprint density at radius 1 is 1.09 bits per heavy atom. The number of benzene rings is 2. The lowest BCUT2D eigenvalue weighted by Gasteiger charge is -2.27. The van der Waals surface area contributed by atoms with Gasteiger partial charge in [-0.1, -0.05) is 11.6 Å². The number of carbonyl (C=O) groups excluding carboxylic acids is 1. The first-order valence-corrected chi connectivity index (χ1v) is 10.1. The Balaban J connectivity index is 1.78. The van der Waals surface area contributed by atoms with E-state index >= 15 is 0 Å². The van der Waals surface area contributed by atoms with E-state index in [9.17, 15) is 23.2 Å². The number of hydrogen-bond acceptors (Lipinski definition) is 5. The minimum absolute atomic E-state index is 0.214. The van der Waals surface area contributed by atoms with Crippen molar-refractivity contribution in [2.24, 2.45) is 0 Å². The summed E-state index contributed by atoms with van der Waals surface area (Å²) in [5.41, 5.74) is -1.59. The predicted molar refractivity (Wildman–Crippen MR) is 115 cm³/mol. The summed E-state index contributed by atoms with van der Waals surface area (Å²) in [6.07, 6.45) is 1.60. The molecule has 0 saturated heterocycles. The largest absolute Gasteiger partial charge is 0.480 e. The van der Waals surface area contributed by atoms with Crippen LogP contribution in [0, 0.1) is 35.7 Å². The zero-order chi connectivity index (χ0) is 24.3. The van der Waals surface area contributed by atoms with Crippen molar-refractivity contribution in [1.29, 1.82) is 5.26 Å². The molecule has 170 valence electrons. The zero-order valence-electron chi connectivity index (χ0n) is 17.8. The number of aromatic nitrogens is 1. The van der Waals surface area contributed by atoms with Crippen LogP contribution in [0.25, 0.3) is 0 Å². The average molecular weight is 475 g/mol. The fraction of sp³-hybridized carbons (Fsp3) is 0.208. The van der Waals surface area contributed by atoms with Gasteiger partial charge in [0.25, 0.3) is 0 Å². The van der Waals surface area contributed by atoms with Crippen LogP contribution in [0.2, 0.25) is 5.02 Å². The number of Topliss-reactive ketones (excluding diaryl/α,β-unsaturated/α-hetero) is 1. The van der Waals surface area contributed by atoms with E-state index in [1.165, 1.54) is 26.0 Å². The molecular formula is C24H18ClF3N2O3. The van der Waals surface area contributed by atoms with Crippen LogP contribution in [0.5, 0.6) is 17.4 Å². The van der Waals surface area contributed by atoms with Gasteiger partial charge in [0, 0.05) is 23.9 Å². The normalized spacial score (nSPS) is 12.1. The molecule has 1 aromatic heterocycles. The first kappa shape index (κ1) is 24.1. The van der Waals surface area contributed by atoms with Gasteiger partial charge in [0.05, 0.1) is 6.07 Å². The average Bonchev–Trinajstić information content (AvgIpc) is 2.73. The molecule has 0 saturated carbocycles. The lowest BCUT2D eigenvalue weighted by molar-refractivity contribution is -0.132. The van der Waals surface area contributed by atoms with E-state index in [1.807, 2.05) is 6.92 Å². The van der Waals surface area contributed by atoms with Gasteiger partial charge < -0.3 is 9.47 Å². The molecule has 9 heteroatoms. The predicted octanol–water partition coefficient (Wildman–Crippen LogP) is 6.29. The van der Waals surface area contributed by atoms with Gasteiger partial charge in [0.2, 0.25) is 5.88 Å². The molecule has 0 spiro atoms. The highest BCUT2D eigenvalue weighted by Gasteiger charge is 2.39. The summed E-state index contributed by atoms with van der Waals surface area (Å²) in [7, 11) is 0. The smallest absolute Gasteiger partial charge is 0.238 e. The number of aryl methyl sites for hydroxylation is 1. The lowest BCUT2D eigenvalue weighted by atomic mass is 9.86. The fourth-order valence-corrected chi connectivity index (χ4v) is 3.32. The van der Waals surface area contributed by atoms with E-state index in [0.717, 1.165) is 5.56 Å². The fourth-order valence-electron chi connectivity index (χ4n) is 3.06. The van der Waals surface area contributed by atoms with Gasteiger partial charge in [-0.3, -0.25) is 4.79 Å². The second-order valence-electron chi connectivity index (χ2n) is 7.69. The Hall–Kier alpha value is -3.57. The number of pyridine rings is 1. The first-order valence-electron chi connectivity index (χ1n) is 9.69. The third kappa shape index (κ3) is 5.44. The molecule has 2 aromatic carbocycles. The monoisotopic (exact) mass is 474 g/mol. The zero-order valence-corrected chi connectivity index (χ0v) is 18.6. The van der Waals surface area contributed by atoms with Crippen LogP contribution in [0.1, 0.15) is 30.9 Å². The second kappa shape index (κ2) is 9.51. The molecule has 0 aliphatic heterocycles. The molecule has 0 N–H and O–H groups in total. The molecule has 33 heavy (non-hydrogen) atoms. The molecule has 5 nitrogen and oxygen atoms in total. The number of hydrogen-bond donors (Lipinski definition) is 0. The summed E-state index contributed by atoms with van der Waals surface area (Å²) in [6.45, 7) is 4.56. The summed E-state index contributed by atoms with van der Waals surface area (Å²) < 4.78 is 52.8. The van der Waals surface area contributed by atoms with E-state index in [1.54, 1.807) is 30.5 Å². The maximum Gasteiger partial charge on any atom is 0.238 e. The second-order valence-corrected chi connectivity index (χ2v) is 8.10. The molecule has 1 heterocycles. The van der Waals surface area contributed by atoms with E-state index in [-0.39, 0.29) is 11.6 Å². The topological polar surface area (TPSA) is 72.2 Å². The van der Waals surface area contributed by atoms with Gasteiger partial charge in [-0.05, 0) is 56.7 Å². The van der Waals surface area contributed by atoms with Gasteiger partial charge in [-0.25, -0.2) is 18.2 Å². The maximum atomic E-state index is 14.1. The molecule has 0 amide bonds. The summed E-state index contributed by atoms with van der Waals surface area (Å²) in [5, 5.41) is 9.76. The Labute approximate surface area is 193 Å². The van der Waals surface area contributed by atoms with Crippen molar-refractivity contribution in [3.63, 3.8) is 0 Å². The molecular weight excluding hydrogens is 457 g/mol. The SMILES string of the molecule is Cc1cnc(Oc2ccc(OC(C)(C)C(=O)C(C#N)c3c(F)cc(F)cc3F)cc2)c(Cl)c1. The Kier molecular flexibility index (Phi) is 6.94. The maximum absolute atomic E-state index is 14.1. The van der Waals surface area contributed by atoms with E-state index < -0.39 is 40.3 Å². The van der Waals surface area contributed by atoms with E-state index in [4.69, 9.17) is 21.1 Å². The first-order chi connectivity index (χ1) is 15.5. The van der Waals surface area contributed by atoms with Crippen molar-refractivity contribution < 1.29 is 27.4 Å². The summed E-state index contributed by atoms with van der Waals surface area (Å²) >= 11 is 6.11. The van der Waals surface area contributed by atoms with E-state index in [0.29, 0.717) is 22.9 Å². The Morgan fingerprint density at radius 2 is 1.67 bits per heavy atom. The molecule has 0 aliphatic rings. The van der Waals surface area contributed by atoms with Crippen LogP contribution in [-0.2, 0) is 4.79 Å². The molecule has 0 radical (unpaired) electrons. The number of carbonyl (C=O) groups is 1. The highest BCUT2D eigenvalue weighted by molar-refractivity contribution is 6.31. The highest BCUT2D eigenvalue weighted by atomic mass is 35.5. The Morgan fingerprint density at radius 3 is 2.21 bits per heavy atom. The van der Waals surface area contributed by atoms with Crippen LogP contribution in [0.15, 0.2) is 48.7 Å². The number of rotatable bonds is 7.